The molecule has 0 atom stereocenters. The van der Waals surface area contributed by atoms with Gasteiger partial charge in [0.15, 0.2) is 0 Å². The van der Waals surface area contributed by atoms with E-state index in [-0.39, 0.29) is 13.2 Å². The molecule has 0 amide bonds. The first-order chi connectivity index (χ1) is 8.54. The number of hydrogen-bond donors (Lipinski definition) is 3. The van der Waals surface area contributed by atoms with Crippen LogP contribution in [-0.2, 0) is 4.79 Å². The second-order valence-corrected chi connectivity index (χ2v) is 3.26. The molecule has 0 saturated heterocycles. The molecule has 19 heavy (non-hydrogen) atoms. The molecule has 116 valence electrons. The van der Waals surface area contributed by atoms with Gasteiger partial charge in [0.25, 0.3) is 0 Å². The van der Waals surface area contributed by atoms with Crippen LogP contribution in [0.2, 0.25) is 0 Å². The van der Waals surface area contributed by atoms with Crippen molar-refractivity contribution in [1.29, 1.82) is 0 Å². The van der Waals surface area contributed by atoms with E-state index in [1.807, 2.05) is 11.8 Å². The summed E-state index contributed by atoms with van der Waals surface area (Å²) >= 11 is 0. The number of hydrogen-bond acceptors (Lipinski definition) is 4. The van der Waals surface area contributed by atoms with E-state index in [1.165, 1.54) is 0 Å². The lowest BCUT2D eigenvalue weighted by Gasteiger charge is -2.16. The standard InChI is InChI=1S/C6H15NO2.C3HF5O2/c1-2-7(3-5-8)4-6-9;4-2(5,1(9)10)3(6,7)8/h8-9H,2-6H2,1H3;(H,9,10). The molecule has 0 spiro atoms. The minimum absolute atomic E-state index is 0.174. The van der Waals surface area contributed by atoms with Crippen LogP contribution in [0, 0.1) is 0 Å². The fourth-order valence-electron chi connectivity index (χ4n) is 0.832. The first kappa shape index (κ1) is 20.3. The molecule has 0 aliphatic carbocycles. The van der Waals surface area contributed by atoms with E-state index in [2.05, 4.69) is 0 Å². The first-order valence-corrected chi connectivity index (χ1v) is 5.16. The van der Waals surface area contributed by atoms with Gasteiger partial charge >= 0.3 is 18.1 Å². The number of likely N-dealkylation sites (N-methyl/N-ethyl adjacent to an activating group) is 1. The van der Waals surface area contributed by atoms with Crippen molar-refractivity contribution in [1.82, 2.24) is 4.90 Å². The van der Waals surface area contributed by atoms with E-state index in [1.54, 1.807) is 0 Å². The molecule has 0 aliphatic rings. The molecule has 0 aliphatic heterocycles. The highest BCUT2D eigenvalue weighted by Crippen LogP contribution is 2.35. The molecular formula is C9H16F5NO4. The Hall–Kier alpha value is -1.00. The number of aliphatic hydroxyl groups excluding tert-OH is 2. The van der Waals surface area contributed by atoms with Crippen LogP contribution in [0.3, 0.4) is 0 Å². The van der Waals surface area contributed by atoms with Gasteiger partial charge in [-0.2, -0.15) is 22.0 Å². The average Bonchev–Trinajstić information content (AvgIpc) is 2.27. The molecule has 5 nitrogen and oxygen atoms in total. The van der Waals surface area contributed by atoms with E-state index in [0.717, 1.165) is 6.54 Å². The van der Waals surface area contributed by atoms with Gasteiger partial charge in [0, 0.05) is 13.1 Å². The van der Waals surface area contributed by atoms with Crippen molar-refractivity contribution in [3.63, 3.8) is 0 Å². The zero-order chi connectivity index (χ0) is 15.7. The summed E-state index contributed by atoms with van der Waals surface area (Å²) in [6, 6.07) is 0. The third-order valence-electron chi connectivity index (χ3n) is 1.90. The van der Waals surface area contributed by atoms with Gasteiger partial charge in [-0.25, -0.2) is 4.79 Å². The van der Waals surface area contributed by atoms with Crippen molar-refractivity contribution in [3.8, 4) is 0 Å². The molecule has 0 unspecified atom stereocenters. The van der Waals surface area contributed by atoms with E-state index in [4.69, 9.17) is 15.3 Å². The second kappa shape index (κ2) is 8.99. The van der Waals surface area contributed by atoms with Crippen LogP contribution in [0.5, 0.6) is 0 Å². The molecule has 3 N–H and O–H groups in total. The predicted molar refractivity (Wildman–Crippen MR) is 54.9 cm³/mol. The zero-order valence-electron chi connectivity index (χ0n) is 10.1. The van der Waals surface area contributed by atoms with Gasteiger partial charge < -0.3 is 15.3 Å². The summed E-state index contributed by atoms with van der Waals surface area (Å²) in [4.78, 5) is 11.2. The Balaban J connectivity index is 0. The van der Waals surface area contributed by atoms with Gasteiger partial charge in [0.05, 0.1) is 13.2 Å². The Bertz CT molecular complexity index is 253. The molecule has 10 heteroatoms. The lowest BCUT2D eigenvalue weighted by molar-refractivity contribution is -0.277. The molecular weight excluding hydrogens is 281 g/mol. The summed E-state index contributed by atoms with van der Waals surface area (Å²) in [5.41, 5.74) is 0. The van der Waals surface area contributed by atoms with Crippen molar-refractivity contribution < 1.29 is 42.1 Å². The number of aliphatic hydroxyl groups is 2. The number of halogens is 5. The molecule has 0 aromatic heterocycles. The zero-order valence-corrected chi connectivity index (χ0v) is 10.1. The molecule has 0 fully saturated rings. The summed E-state index contributed by atoms with van der Waals surface area (Å²) in [5, 5.41) is 24.2. The van der Waals surface area contributed by atoms with Crippen LogP contribution in [0.4, 0.5) is 22.0 Å². The van der Waals surface area contributed by atoms with Crippen molar-refractivity contribution in [2.75, 3.05) is 32.8 Å². The Kier molecular flexibility index (Phi) is 9.62. The topological polar surface area (TPSA) is 81.0 Å². The largest absolute Gasteiger partial charge is 0.477 e. The van der Waals surface area contributed by atoms with Crippen molar-refractivity contribution in [2.45, 2.75) is 19.0 Å². The summed E-state index contributed by atoms with van der Waals surface area (Å²) in [7, 11) is 0. The number of rotatable bonds is 6. The highest BCUT2D eigenvalue weighted by Gasteiger charge is 2.64. The Labute approximate surface area is 106 Å². The maximum Gasteiger partial charge on any atom is 0.465 e. The molecule has 0 aromatic rings. The SMILES string of the molecule is CCN(CCO)CCO.O=C(O)C(F)(F)C(F)(F)F. The fraction of sp³-hybridized carbons (Fsp3) is 0.889. The number of carbonyl (C=O) groups is 1. The van der Waals surface area contributed by atoms with Crippen molar-refractivity contribution >= 4 is 5.97 Å². The fourth-order valence-corrected chi connectivity index (χ4v) is 0.832. The minimum Gasteiger partial charge on any atom is -0.477 e. The molecule has 0 saturated carbocycles. The number of carboxylic acids is 1. The van der Waals surface area contributed by atoms with Crippen LogP contribution in [0.15, 0.2) is 0 Å². The van der Waals surface area contributed by atoms with Crippen LogP contribution < -0.4 is 0 Å². The maximum absolute atomic E-state index is 11.3. The van der Waals surface area contributed by atoms with Gasteiger partial charge in [-0.05, 0) is 6.54 Å². The molecule has 0 heterocycles. The second-order valence-electron chi connectivity index (χ2n) is 3.26. The summed E-state index contributed by atoms with van der Waals surface area (Å²) < 4.78 is 55.5. The summed E-state index contributed by atoms with van der Waals surface area (Å²) in [6.07, 6.45) is -6.02. The number of nitrogens with zero attached hydrogens (tertiary/aromatic N) is 1. The average molecular weight is 297 g/mol. The lowest BCUT2D eigenvalue weighted by Crippen LogP contribution is -2.43. The quantitative estimate of drug-likeness (QED) is 0.624. The number of aliphatic carboxylic acids is 1. The summed E-state index contributed by atoms with van der Waals surface area (Å²) in [6.45, 7) is 4.57. The Morgan fingerprint density at radius 1 is 1.05 bits per heavy atom. The van der Waals surface area contributed by atoms with E-state index in [9.17, 15) is 26.7 Å². The van der Waals surface area contributed by atoms with Gasteiger partial charge in [-0.3, -0.25) is 4.90 Å². The minimum atomic E-state index is -6.02. The third kappa shape index (κ3) is 7.90. The maximum atomic E-state index is 11.3. The lowest BCUT2D eigenvalue weighted by atomic mass is 10.3. The molecule has 0 bridgehead atoms. The molecule has 0 rings (SSSR count). The predicted octanol–water partition coefficient (Wildman–Crippen LogP) is 0.562. The normalized spacial score (nSPS) is 12.1. The number of alkyl halides is 5. The van der Waals surface area contributed by atoms with Gasteiger partial charge in [-0.1, -0.05) is 6.92 Å². The highest BCUT2D eigenvalue weighted by atomic mass is 19.4. The van der Waals surface area contributed by atoms with Crippen molar-refractivity contribution in [2.24, 2.45) is 0 Å². The molecule has 0 aromatic carbocycles. The summed E-state index contributed by atoms with van der Waals surface area (Å²) in [5.74, 6) is -8.84. The number of carboxylic acid groups (broad SMARTS) is 1. The highest BCUT2D eigenvalue weighted by molar-refractivity contribution is 5.76. The Morgan fingerprint density at radius 2 is 1.42 bits per heavy atom. The smallest absolute Gasteiger partial charge is 0.465 e. The first-order valence-electron chi connectivity index (χ1n) is 5.16. The monoisotopic (exact) mass is 297 g/mol. The van der Waals surface area contributed by atoms with Gasteiger partial charge in [-0.15, -0.1) is 0 Å². The van der Waals surface area contributed by atoms with Crippen LogP contribution in [0.25, 0.3) is 0 Å². The van der Waals surface area contributed by atoms with Gasteiger partial charge in [0.1, 0.15) is 0 Å². The third-order valence-corrected chi connectivity index (χ3v) is 1.90. The van der Waals surface area contributed by atoms with E-state index in [0.29, 0.717) is 13.1 Å². The molecule has 0 radical (unpaired) electrons. The van der Waals surface area contributed by atoms with Crippen LogP contribution in [-0.4, -0.2) is 71.1 Å². The van der Waals surface area contributed by atoms with Crippen LogP contribution in [0.1, 0.15) is 6.92 Å². The van der Waals surface area contributed by atoms with E-state index >= 15 is 0 Å². The van der Waals surface area contributed by atoms with Gasteiger partial charge in [0.2, 0.25) is 0 Å². The van der Waals surface area contributed by atoms with Crippen LogP contribution >= 0.6 is 0 Å². The Morgan fingerprint density at radius 3 is 1.53 bits per heavy atom. The van der Waals surface area contributed by atoms with E-state index < -0.39 is 18.1 Å². The van der Waals surface area contributed by atoms with Crippen molar-refractivity contribution in [3.05, 3.63) is 0 Å².